The van der Waals surface area contributed by atoms with Crippen LogP contribution in [0.25, 0.3) is 16.7 Å². The fraction of sp³-hybridized carbons (Fsp3) is 0.105. The molecule has 6 heteroatoms. The van der Waals surface area contributed by atoms with Crippen molar-refractivity contribution in [1.29, 1.82) is 0 Å². The Kier molecular flexibility index (Phi) is 3.57. The molecule has 3 heterocycles. The number of nitrogens with zero attached hydrogens (tertiary/aromatic N) is 3. The van der Waals surface area contributed by atoms with Crippen molar-refractivity contribution in [2.24, 2.45) is 0 Å². The van der Waals surface area contributed by atoms with Gasteiger partial charge in [-0.1, -0.05) is 18.2 Å². The number of fused-ring (bicyclic) bond motifs is 1. The third kappa shape index (κ3) is 2.78. The molecule has 0 saturated carbocycles. The average Bonchev–Trinajstić information content (AvgIpc) is 3.25. The predicted octanol–water partition coefficient (Wildman–Crippen LogP) is 3.88. The predicted molar refractivity (Wildman–Crippen MR) is 95.0 cm³/mol. The monoisotopic (exact) mass is 332 g/mol. The van der Waals surface area contributed by atoms with Crippen molar-refractivity contribution in [1.82, 2.24) is 14.8 Å². The maximum absolute atomic E-state index is 12.3. The van der Waals surface area contributed by atoms with Crippen LogP contribution in [0.1, 0.15) is 21.8 Å². The van der Waals surface area contributed by atoms with E-state index in [1.807, 2.05) is 44.2 Å². The molecule has 3 aromatic heterocycles. The highest BCUT2D eigenvalue weighted by atomic mass is 16.3. The first kappa shape index (κ1) is 15.1. The third-order valence-electron chi connectivity index (χ3n) is 3.94. The van der Waals surface area contributed by atoms with Crippen LogP contribution >= 0.6 is 0 Å². The molecule has 0 aliphatic carbocycles. The molecule has 0 atom stereocenters. The Bertz CT molecular complexity index is 1060. The van der Waals surface area contributed by atoms with Crippen LogP contribution in [0.15, 0.2) is 59.2 Å². The van der Waals surface area contributed by atoms with Gasteiger partial charge in [-0.05, 0) is 43.7 Å². The molecule has 1 amide bonds. The summed E-state index contributed by atoms with van der Waals surface area (Å²) in [7, 11) is 0. The van der Waals surface area contributed by atoms with E-state index < -0.39 is 0 Å². The normalized spacial score (nSPS) is 11.0. The van der Waals surface area contributed by atoms with Crippen molar-refractivity contribution in [2.45, 2.75) is 13.8 Å². The number of amides is 1. The van der Waals surface area contributed by atoms with E-state index in [-0.39, 0.29) is 11.7 Å². The minimum absolute atomic E-state index is 0.244. The van der Waals surface area contributed by atoms with Crippen LogP contribution < -0.4 is 5.32 Å². The number of para-hydroxylation sites is 1. The molecule has 1 aromatic carbocycles. The van der Waals surface area contributed by atoms with E-state index in [2.05, 4.69) is 15.4 Å². The maximum atomic E-state index is 12.3. The number of nitrogens with one attached hydrogen (secondary N) is 1. The van der Waals surface area contributed by atoms with Gasteiger partial charge in [-0.25, -0.2) is 4.98 Å². The molecular formula is C19H16N4O2. The Morgan fingerprint density at radius 1 is 1.12 bits per heavy atom. The number of aromatic nitrogens is 3. The number of hydrogen-bond donors (Lipinski definition) is 1. The third-order valence-corrected chi connectivity index (χ3v) is 3.94. The SMILES string of the molecule is Cc1cc(NC(=O)c2ccco2)n(-c2cc(C)c3ccccc3n2)n1. The summed E-state index contributed by atoms with van der Waals surface area (Å²) in [6.07, 6.45) is 1.46. The summed E-state index contributed by atoms with van der Waals surface area (Å²) in [5, 5.41) is 8.39. The summed E-state index contributed by atoms with van der Waals surface area (Å²) in [6, 6.07) is 15.0. The summed E-state index contributed by atoms with van der Waals surface area (Å²) in [5.41, 5.74) is 2.76. The average molecular weight is 332 g/mol. The minimum atomic E-state index is -0.330. The number of carbonyl (C=O) groups excluding carboxylic acids is 1. The van der Waals surface area contributed by atoms with E-state index in [9.17, 15) is 4.79 Å². The Hall–Kier alpha value is -3.41. The lowest BCUT2D eigenvalue weighted by atomic mass is 10.1. The van der Waals surface area contributed by atoms with E-state index in [1.54, 1.807) is 22.9 Å². The van der Waals surface area contributed by atoms with E-state index in [4.69, 9.17) is 4.42 Å². The molecule has 4 aromatic rings. The number of pyridine rings is 1. The van der Waals surface area contributed by atoms with Crippen molar-refractivity contribution in [3.8, 4) is 5.82 Å². The Labute approximate surface area is 144 Å². The topological polar surface area (TPSA) is 73.0 Å². The van der Waals surface area contributed by atoms with Crippen LogP contribution in [0.3, 0.4) is 0 Å². The summed E-state index contributed by atoms with van der Waals surface area (Å²) in [5.74, 6) is 1.11. The number of anilines is 1. The van der Waals surface area contributed by atoms with Gasteiger partial charge in [0.2, 0.25) is 0 Å². The highest BCUT2D eigenvalue weighted by Crippen LogP contribution is 2.22. The summed E-state index contributed by atoms with van der Waals surface area (Å²) in [6.45, 7) is 3.90. The van der Waals surface area contributed by atoms with E-state index in [0.29, 0.717) is 11.6 Å². The highest BCUT2D eigenvalue weighted by molar-refractivity contribution is 6.01. The van der Waals surface area contributed by atoms with Gasteiger partial charge < -0.3 is 9.73 Å². The van der Waals surface area contributed by atoms with Crippen molar-refractivity contribution in [3.05, 3.63) is 71.8 Å². The molecule has 0 fully saturated rings. The van der Waals surface area contributed by atoms with Gasteiger partial charge in [0.25, 0.3) is 5.91 Å². The lowest BCUT2D eigenvalue weighted by Crippen LogP contribution is -2.15. The summed E-state index contributed by atoms with van der Waals surface area (Å²) >= 11 is 0. The molecule has 0 unspecified atom stereocenters. The van der Waals surface area contributed by atoms with E-state index in [0.717, 1.165) is 22.2 Å². The van der Waals surface area contributed by atoms with Gasteiger partial charge in [0.05, 0.1) is 17.5 Å². The maximum Gasteiger partial charge on any atom is 0.292 e. The van der Waals surface area contributed by atoms with Gasteiger partial charge in [-0.15, -0.1) is 0 Å². The molecule has 0 spiro atoms. The second-order valence-electron chi connectivity index (χ2n) is 5.83. The molecule has 4 rings (SSSR count). The number of hydrogen-bond acceptors (Lipinski definition) is 4. The second-order valence-corrected chi connectivity index (χ2v) is 5.83. The van der Waals surface area contributed by atoms with E-state index >= 15 is 0 Å². The number of aryl methyl sites for hydroxylation is 2. The van der Waals surface area contributed by atoms with Crippen LogP contribution in [-0.4, -0.2) is 20.7 Å². The largest absolute Gasteiger partial charge is 0.459 e. The Balaban J connectivity index is 1.77. The van der Waals surface area contributed by atoms with Crippen molar-refractivity contribution in [3.63, 3.8) is 0 Å². The highest BCUT2D eigenvalue weighted by Gasteiger charge is 2.15. The van der Waals surface area contributed by atoms with Crippen LogP contribution in [0.5, 0.6) is 0 Å². The lowest BCUT2D eigenvalue weighted by Gasteiger charge is -2.10. The molecule has 0 radical (unpaired) electrons. The fourth-order valence-electron chi connectivity index (χ4n) is 2.79. The van der Waals surface area contributed by atoms with Gasteiger partial charge in [0.1, 0.15) is 5.82 Å². The molecular weight excluding hydrogens is 316 g/mol. The van der Waals surface area contributed by atoms with Crippen LogP contribution in [0.4, 0.5) is 5.82 Å². The molecule has 0 aliphatic heterocycles. The first-order valence-electron chi connectivity index (χ1n) is 7.90. The first-order chi connectivity index (χ1) is 12.1. The van der Waals surface area contributed by atoms with Crippen LogP contribution in [0, 0.1) is 13.8 Å². The Morgan fingerprint density at radius 2 is 1.96 bits per heavy atom. The number of carbonyl (C=O) groups is 1. The smallest absolute Gasteiger partial charge is 0.292 e. The Morgan fingerprint density at radius 3 is 2.76 bits per heavy atom. The summed E-state index contributed by atoms with van der Waals surface area (Å²) in [4.78, 5) is 17.0. The zero-order chi connectivity index (χ0) is 17.4. The first-order valence-corrected chi connectivity index (χ1v) is 7.90. The molecule has 0 aliphatic rings. The molecule has 124 valence electrons. The zero-order valence-electron chi connectivity index (χ0n) is 13.9. The molecule has 0 saturated heterocycles. The fourth-order valence-corrected chi connectivity index (χ4v) is 2.79. The van der Waals surface area contributed by atoms with Crippen LogP contribution in [-0.2, 0) is 0 Å². The van der Waals surface area contributed by atoms with Gasteiger partial charge >= 0.3 is 0 Å². The zero-order valence-corrected chi connectivity index (χ0v) is 13.9. The van der Waals surface area contributed by atoms with Gasteiger partial charge in [0.15, 0.2) is 11.6 Å². The molecule has 0 bridgehead atoms. The van der Waals surface area contributed by atoms with Crippen molar-refractivity contribution < 1.29 is 9.21 Å². The van der Waals surface area contributed by atoms with Crippen molar-refractivity contribution >= 4 is 22.6 Å². The number of furan rings is 1. The second kappa shape index (κ2) is 5.90. The quantitative estimate of drug-likeness (QED) is 0.618. The minimum Gasteiger partial charge on any atom is -0.459 e. The van der Waals surface area contributed by atoms with E-state index in [1.165, 1.54) is 6.26 Å². The molecule has 25 heavy (non-hydrogen) atoms. The standard InChI is InChI=1S/C19H16N4O2/c1-12-10-17(20-15-7-4-3-6-14(12)15)23-18(11-13(2)22-23)21-19(24)16-8-5-9-25-16/h3-11H,1-2H3,(H,21,24). The summed E-state index contributed by atoms with van der Waals surface area (Å²) < 4.78 is 6.77. The number of benzene rings is 1. The molecule has 6 nitrogen and oxygen atoms in total. The van der Waals surface area contributed by atoms with Gasteiger partial charge in [-0.3, -0.25) is 4.79 Å². The van der Waals surface area contributed by atoms with Crippen LogP contribution in [0.2, 0.25) is 0 Å². The van der Waals surface area contributed by atoms with Crippen molar-refractivity contribution in [2.75, 3.05) is 5.32 Å². The number of rotatable bonds is 3. The lowest BCUT2D eigenvalue weighted by molar-refractivity contribution is 0.0996. The van der Waals surface area contributed by atoms with Gasteiger partial charge in [-0.2, -0.15) is 9.78 Å². The van der Waals surface area contributed by atoms with Gasteiger partial charge in [0, 0.05) is 11.5 Å². The molecule has 1 N–H and O–H groups in total.